The smallest absolute Gasteiger partial charge is 0.0709 e. The Kier molecular flexibility index (Phi) is 6.80. The van der Waals surface area contributed by atoms with Gasteiger partial charge in [0.15, 0.2) is 0 Å². The first-order valence-corrected chi connectivity index (χ1v) is 21.1. The van der Waals surface area contributed by atoms with E-state index < -0.39 is 0 Å². The van der Waals surface area contributed by atoms with Crippen LogP contribution in [0.2, 0.25) is 0 Å². The standard InChI is InChI=1S/C58H32N4/c1-5-35-7-3-11-41-47-31-53-49(29-45(47)39(9-1)57(35)41)43(37-17-23-61-55(25-37)33-13-19-59-20-14-33)27-52-51(53)28-44(38-18-24-62-56(26-38)34-15-21-60-22-16-34)50-30-46-40-10-2-6-36-8-4-12-42(58(36)40)48(46)32-54(50)52/h1-32H. The quantitative estimate of drug-likeness (QED) is 0.167. The summed E-state index contributed by atoms with van der Waals surface area (Å²) in [6, 6.07) is 58.6. The van der Waals surface area contributed by atoms with Gasteiger partial charge < -0.3 is 0 Å². The van der Waals surface area contributed by atoms with Crippen LogP contribution in [-0.4, -0.2) is 19.9 Å². The third kappa shape index (κ3) is 4.72. The van der Waals surface area contributed by atoms with Gasteiger partial charge in [-0.3, -0.25) is 19.9 Å². The molecule has 62 heavy (non-hydrogen) atoms. The highest BCUT2D eigenvalue weighted by atomic mass is 14.7. The Morgan fingerprint density at radius 2 is 0.565 bits per heavy atom. The largest absolute Gasteiger partial charge is 0.265 e. The molecule has 0 amide bonds. The molecule has 0 unspecified atom stereocenters. The minimum absolute atomic E-state index is 0.919. The second kappa shape index (κ2) is 12.6. The van der Waals surface area contributed by atoms with Gasteiger partial charge in [0.2, 0.25) is 0 Å². The van der Waals surface area contributed by atoms with Crippen LogP contribution in [0.3, 0.4) is 0 Å². The van der Waals surface area contributed by atoms with Crippen molar-refractivity contribution in [2.24, 2.45) is 0 Å². The number of nitrogens with zero attached hydrogens (tertiary/aromatic N) is 4. The summed E-state index contributed by atoms with van der Waals surface area (Å²) in [6.45, 7) is 0. The van der Waals surface area contributed by atoms with Crippen molar-refractivity contribution in [2.75, 3.05) is 0 Å². The molecule has 2 aliphatic rings. The van der Waals surface area contributed by atoms with Gasteiger partial charge in [-0.1, -0.05) is 72.8 Å². The van der Waals surface area contributed by atoms with E-state index in [0.29, 0.717) is 0 Å². The highest BCUT2D eigenvalue weighted by molar-refractivity contribution is 6.29. The maximum Gasteiger partial charge on any atom is 0.0709 e. The van der Waals surface area contributed by atoms with Crippen molar-refractivity contribution in [1.82, 2.24) is 19.9 Å². The molecule has 0 saturated heterocycles. The van der Waals surface area contributed by atoms with Crippen LogP contribution < -0.4 is 0 Å². The molecule has 2 aliphatic carbocycles. The van der Waals surface area contributed by atoms with Crippen molar-refractivity contribution >= 4 is 53.9 Å². The molecule has 14 rings (SSSR count). The average Bonchev–Trinajstić information content (AvgIpc) is 3.83. The summed E-state index contributed by atoms with van der Waals surface area (Å²) < 4.78 is 0. The predicted molar refractivity (Wildman–Crippen MR) is 256 cm³/mol. The number of fused-ring (bicyclic) bond motifs is 11. The van der Waals surface area contributed by atoms with Crippen molar-refractivity contribution in [3.8, 4) is 89.3 Å². The second-order valence-electron chi connectivity index (χ2n) is 16.6. The molecule has 0 N–H and O–H groups in total. The zero-order valence-corrected chi connectivity index (χ0v) is 33.3. The van der Waals surface area contributed by atoms with Gasteiger partial charge in [0.1, 0.15) is 0 Å². The Morgan fingerprint density at radius 3 is 0.952 bits per heavy atom. The van der Waals surface area contributed by atoms with Crippen LogP contribution in [0.15, 0.2) is 195 Å². The number of aromatic nitrogens is 4. The first-order chi connectivity index (χ1) is 30.7. The van der Waals surface area contributed by atoms with Crippen LogP contribution >= 0.6 is 0 Å². The van der Waals surface area contributed by atoms with E-state index >= 15 is 0 Å². The molecule has 0 fully saturated rings. The summed E-state index contributed by atoms with van der Waals surface area (Å²) in [5.41, 5.74) is 18.8. The number of hydrogen-bond donors (Lipinski definition) is 0. The lowest BCUT2D eigenvalue weighted by Gasteiger charge is -2.19. The van der Waals surface area contributed by atoms with Crippen LogP contribution in [0.5, 0.6) is 0 Å². The summed E-state index contributed by atoms with van der Waals surface area (Å²) in [5, 5.41) is 12.5. The maximum absolute atomic E-state index is 4.85. The molecule has 0 radical (unpaired) electrons. The van der Waals surface area contributed by atoms with E-state index in [1.54, 1.807) is 0 Å². The number of hydrogen-bond acceptors (Lipinski definition) is 4. The van der Waals surface area contributed by atoms with E-state index in [4.69, 9.17) is 9.97 Å². The molecule has 0 bridgehead atoms. The van der Waals surface area contributed by atoms with Crippen molar-refractivity contribution in [1.29, 1.82) is 0 Å². The monoisotopic (exact) mass is 784 g/mol. The lowest BCUT2D eigenvalue weighted by molar-refractivity contribution is 1.29. The van der Waals surface area contributed by atoms with Crippen LogP contribution in [0, 0.1) is 0 Å². The molecule has 8 aromatic carbocycles. The highest BCUT2D eigenvalue weighted by Gasteiger charge is 2.27. The van der Waals surface area contributed by atoms with Crippen molar-refractivity contribution in [3.05, 3.63) is 195 Å². The molecule has 4 nitrogen and oxygen atoms in total. The second-order valence-corrected chi connectivity index (χ2v) is 16.6. The van der Waals surface area contributed by atoms with Gasteiger partial charge in [0, 0.05) is 48.3 Å². The van der Waals surface area contributed by atoms with Crippen molar-refractivity contribution in [2.45, 2.75) is 0 Å². The molecular formula is C58H32N4. The van der Waals surface area contributed by atoms with Gasteiger partial charge in [0.25, 0.3) is 0 Å². The fourth-order valence-electron chi connectivity index (χ4n) is 10.6. The van der Waals surface area contributed by atoms with Gasteiger partial charge >= 0.3 is 0 Å². The van der Waals surface area contributed by atoms with E-state index in [0.717, 1.165) is 33.6 Å². The molecule has 284 valence electrons. The fraction of sp³-hybridized carbons (Fsp3) is 0. The van der Waals surface area contributed by atoms with Crippen LogP contribution in [0.1, 0.15) is 0 Å². The van der Waals surface area contributed by atoms with Gasteiger partial charge in [-0.05, 0) is 206 Å². The van der Waals surface area contributed by atoms with Crippen molar-refractivity contribution in [3.63, 3.8) is 0 Å². The Hall–Kier alpha value is -8.34. The van der Waals surface area contributed by atoms with Crippen LogP contribution in [-0.2, 0) is 0 Å². The van der Waals surface area contributed by atoms with E-state index in [1.165, 1.54) is 109 Å². The normalized spacial score (nSPS) is 12.2. The lowest BCUT2D eigenvalue weighted by atomic mass is 9.84. The van der Waals surface area contributed by atoms with Crippen molar-refractivity contribution < 1.29 is 0 Å². The van der Waals surface area contributed by atoms with E-state index in [9.17, 15) is 0 Å². The minimum atomic E-state index is 0.919. The average molecular weight is 785 g/mol. The number of rotatable bonds is 4. The van der Waals surface area contributed by atoms with Crippen LogP contribution in [0.4, 0.5) is 0 Å². The third-order valence-electron chi connectivity index (χ3n) is 13.4. The van der Waals surface area contributed by atoms with Gasteiger partial charge in [-0.15, -0.1) is 0 Å². The molecule has 4 heterocycles. The van der Waals surface area contributed by atoms with E-state index in [1.807, 2.05) is 61.4 Å². The zero-order valence-electron chi connectivity index (χ0n) is 33.3. The lowest BCUT2D eigenvalue weighted by Crippen LogP contribution is -1.93. The molecule has 0 spiro atoms. The predicted octanol–water partition coefficient (Wildman–Crippen LogP) is 15.0. The summed E-state index contributed by atoms with van der Waals surface area (Å²) in [6.07, 6.45) is 11.2. The molecule has 0 aliphatic heterocycles. The first kappa shape index (κ1) is 33.5. The van der Waals surface area contributed by atoms with Gasteiger partial charge in [0.05, 0.1) is 11.4 Å². The Bertz CT molecular complexity index is 3640. The number of benzene rings is 8. The third-order valence-corrected chi connectivity index (χ3v) is 13.4. The summed E-state index contributed by atoms with van der Waals surface area (Å²) in [5.74, 6) is 0. The zero-order chi connectivity index (χ0) is 40.5. The van der Waals surface area contributed by atoms with Gasteiger partial charge in [-0.25, -0.2) is 0 Å². The maximum atomic E-state index is 4.85. The Balaban J connectivity index is 1.14. The summed E-state index contributed by atoms with van der Waals surface area (Å²) >= 11 is 0. The minimum Gasteiger partial charge on any atom is -0.265 e. The Labute approximate surface area is 356 Å². The Morgan fingerprint density at radius 1 is 0.242 bits per heavy atom. The molecule has 0 saturated carbocycles. The first-order valence-electron chi connectivity index (χ1n) is 21.1. The number of pyridine rings is 4. The molecule has 4 heteroatoms. The molecule has 12 aromatic rings. The van der Waals surface area contributed by atoms with Gasteiger partial charge in [-0.2, -0.15) is 0 Å². The molecule has 4 aromatic heterocycles. The fourth-order valence-corrected chi connectivity index (χ4v) is 10.6. The topological polar surface area (TPSA) is 51.6 Å². The molecular weight excluding hydrogens is 753 g/mol. The van der Waals surface area contributed by atoms with E-state index in [-0.39, 0.29) is 0 Å². The molecule has 0 atom stereocenters. The summed E-state index contributed by atoms with van der Waals surface area (Å²) in [4.78, 5) is 18.3. The van der Waals surface area contributed by atoms with E-state index in [2.05, 4.69) is 143 Å². The SMILES string of the molecule is c1cc2c3c(cccc3c1)-c1cc3c(cc1-2)c(-c1ccnc(-c2ccncc2)c1)cc1c2cc4c(cc2c(-c2ccnc(-c5ccncc5)c2)cc31)-c1cccc2cccc-4c12. The highest BCUT2D eigenvalue weighted by Crippen LogP contribution is 2.54. The summed E-state index contributed by atoms with van der Waals surface area (Å²) in [7, 11) is 0. The van der Waals surface area contributed by atoms with Crippen LogP contribution in [0.25, 0.3) is 143 Å².